The molecular weight excluding hydrogens is 460 g/mol. The smallest absolute Gasteiger partial charge is 0.263 e. The van der Waals surface area contributed by atoms with Crippen LogP contribution < -0.4 is 15.0 Å². The minimum absolute atomic E-state index is 0.0387. The Hall–Kier alpha value is -3.67. The quantitative estimate of drug-likeness (QED) is 0.491. The van der Waals surface area contributed by atoms with Crippen molar-refractivity contribution < 1.29 is 23.0 Å². The average molecular weight is 488 g/mol. The number of carbonyl (C=O) groups excluding carboxylic acids is 1. The SMILES string of the molecule is CCNC(=O)CC1CN(c2ccc(OCc3c(C)nnn3-c3ccc(C(F)F)cc3)nn2)CCO1. The number of amides is 1. The molecule has 0 radical (unpaired) electrons. The first kappa shape index (κ1) is 24.5. The molecule has 0 saturated carbocycles. The molecule has 1 unspecified atom stereocenters. The number of halogens is 2. The molecule has 12 heteroatoms. The first-order chi connectivity index (χ1) is 16.9. The third kappa shape index (κ3) is 6.07. The first-order valence-electron chi connectivity index (χ1n) is 11.3. The molecule has 4 rings (SSSR count). The van der Waals surface area contributed by atoms with Gasteiger partial charge in [-0.3, -0.25) is 4.79 Å². The van der Waals surface area contributed by atoms with E-state index in [9.17, 15) is 13.6 Å². The van der Waals surface area contributed by atoms with E-state index in [1.165, 1.54) is 12.1 Å². The summed E-state index contributed by atoms with van der Waals surface area (Å²) in [4.78, 5) is 13.9. The van der Waals surface area contributed by atoms with Crippen LogP contribution in [0.5, 0.6) is 5.88 Å². The Morgan fingerprint density at radius 3 is 2.69 bits per heavy atom. The predicted octanol–water partition coefficient (Wildman–Crippen LogP) is 2.61. The number of ether oxygens (including phenoxy) is 2. The maximum Gasteiger partial charge on any atom is 0.263 e. The highest BCUT2D eigenvalue weighted by atomic mass is 19.3. The summed E-state index contributed by atoms with van der Waals surface area (Å²) in [5.74, 6) is 0.952. The van der Waals surface area contributed by atoms with Gasteiger partial charge in [0.15, 0.2) is 5.82 Å². The Morgan fingerprint density at radius 1 is 1.20 bits per heavy atom. The minimum Gasteiger partial charge on any atom is -0.470 e. The molecule has 1 aliphatic rings. The lowest BCUT2D eigenvalue weighted by Crippen LogP contribution is -2.45. The highest BCUT2D eigenvalue weighted by Gasteiger charge is 2.24. The van der Waals surface area contributed by atoms with Crippen LogP contribution in [0.15, 0.2) is 36.4 Å². The number of morpholine rings is 1. The number of benzene rings is 1. The fourth-order valence-corrected chi connectivity index (χ4v) is 3.74. The molecule has 10 nitrogen and oxygen atoms in total. The van der Waals surface area contributed by atoms with E-state index in [1.54, 1.807) is 29.8 Å². The number of anilines is 1. The van der Waals surface area contributed by atoms with Gasteiger partial charge in [0.05, 0.1) is 30.5 Å². The fourth-order valence-electron chi connectivity index (χ4n) is 3.74. The molecule has 1 N–H and O–H groups in total. The van der Waals surface area contributed by atoms with E-state index < -0.39 is 6.43 Å². The summed E-state index contributed by atoms with van der Waals surface area (Å²) in [5, 5.41) is 19.4. The van der Waals surface area contributed by atoms with Gasteiger partial charge in [0, 0.05) is 31.3 Å². The highest BCUT2D eigenvalue weighted by molar-refractivity contribution is 5.76. The second-order valence-electron chi connectivity index (χ2n) is 8.04. The van der Waals surface area contributed by atoms with E-state index in [2.05, 4.69) is 25.8 Å². The third-order valence-corrected chi connectivity index (χ3v) is 5.58. The summed E-state index contributed by atoms with van der Waals surface area (Å²) >= 11 is 0. The van der Waals surface area contributed by atoms with Crippen LogP contribution in [0.4, 0.5) is 14.6 Å². The molecule has 1 fully saturated rings. The number of alkyl halides is 2. The van der Waals surface area contributed by atoms with Gasteiger partial charge in [0.1, 0.15) is 12.3 Å². The van der Waals surface area contributed by atoms with Gasteiger partial charge in [-0.1, -0.05) is 17.3 Å². The lowest BCUT2D eigenvalue weighted by Gasteiger charge is -2.33. The first-order valence-corrected chi connectivity index (χ1v) is 11.3. The summed E-state index contributed by atoms with van der Waals surface area (Å²) in [5.41, 5.74) is 1.86. The molecule has 35 heavy (non-hydrogen) atoms. The molecular formula is C23H27F2N7O3. The molecule has 186 valence electrons. The topological polar surface area (TPSA) is 107 Å². The predicted molar refractivity (Wildman–Crippen MR) is 123 cm³/mol. The number of aromatic nitrogens is 5. The normalized spacial score (nSPS) is 15.9. The Labute approximate surface area is 201 Å². The van der Waals surface area contributed by atoms with Crippen molar-refractivity contribution in [3.05, 3.63) is 53.3 Å². The van der Waals surface area contributed by atoms with Crippen molar-refractivity contribution in [3.8, 4) is 11.6 Å². The van der Waals surface area contributed by atoms with Crippen LogP contribution in [0, 0.1) is 6.92 Å². The monoisotopic (exact) mass is 487 g/mol. The maximum atomic E-state index is 12.8. The summed E-state index contributed by atoms with van der Waals surface area (Å²) < 4.78 is 38.7. The number of rotatable bonds is 9. The number of nitrogens with one attached hydrogen (secondary N) is 1. The number of hydrogen-bond donors (Lipinski definition) is 1. The molecule has 1 atom stereocenters. The fraction of sp³-hybridized carbons (Fsp3) is 0.435. The summed E-state index contributed by atoms with van der Waals surface area (Å²) in [7, 11) is 0. The Morgan fingerprint density at radius 2 is 2.00 bits per heavy atom. The van der Waals surface area contributed by atoms with Crippen molar-refractivity contribution in [2.75, 3.05) is 31.1 Å². The van der Waals surface area contributed by atoms with Gasteiger partial charge in [0.25, 0.3) is 6.43 Å². The van der Waals surface area contributed by atoms with Crippen LogP contribution in [-0.4, -0.2) is 63.4 Å². The van der Waals surface area contributed by atoms with Crippen molar-refractivity contribution in [2.24, 2.45) is 0 Å². The zero-order valence-electron chi connectivity index (χ0n) is 19.5. The number of hydrogen-bond acceptors (Lipinski definition) is 8. The standard InChI is InChI=1S/C23H27F2N7O3/c1-3-26-21(33)12-18-13-31(10-11-34-18)20-8-9-22(29-28-20)35-14-19-15(2)27-30-32(19)17-6-4-16(5-7-17)23(24)25/h4-9,18,23H,3,10-14H2,1-2H3,(H,26,33). The van der Waals surface area contributed by atoms with Crippen LogP contribution in [0.25, 0.3) is 5.69 Å². The van der Waals surface area contributed by atoms with Crippen molar-refractivity contribution in [3.63, 3.8) is 0 Å². The van der Waals surface area contributed by atoms with Gasteiger partial charge in [-0.15, -0.1) is 15.3 Å². The van der Waals surface area contributed by atoms with Crippen LogP contribution in [-0.2, 0) is 16.1 Å². The minimum atomic E-state index is -2.53. The molecule has 2 aromatic heterocycles. The molecule has 3 heterocycles. The summed E-state index contributed by atoms with van der Waals surface area (Å²) in [6.07, 6.45) is -2.45. The van der Waals surface area contributed by atoms with Gasteiger partial charge < -0.3 is 19.7 Å². The Kier molecular flexibility index (Phi) is 7.80. The van der Waals surface area contributed by atoms with E-state index >= 15 is 0 Å². The lowest BCUT2D eigenvalue weighted by molar-refractivity contribution is -0.124. The van der Waals surface area contributed by atoms with Crippen molar-refractivity contribution in [2.45, 2.75) is 39.4 Å². The number of aryl methyl sites for hydroxylation is 1. The molecule has 0 bridgehead atoms. The maximum absolute atomic E-state index is 12.8. The molecule has 0 spiro atoms. The van der Waals surface area contributed by atoms with Gasteiger partial charge in [-0.25, -0.2) is 13.5 Å². The van der Waals surface area contributed by atoms with Gasteiger partial charge >= 0.3 is 0 Å². The largest absolute Gasteiger partial charge is 0.470 e. The molecule has 1 aliphatic heterocycles. The second-order valence-corrected chi connectivity index (χ2v) is 8.04. The summed E-state index contributed by atoms with van der Waals surface area (Å²) in [6, 6.07) is 9.38. The molecule has 1 amide bonds. The van der Waals surface area contributed by atoms with E-state index in [1.807, 2.05) is 17.9 Å². The Bertz CT molecular complexity index is 1120. The van der Waals surface area contributed by atoms with Crippen LogP contribution in [0.2, 0.25) is 0 Å². The number of nitrogens with zero attached hydrogens (tertiary/aromatic N) is 6. The van der Waals surface area contributed by atoms with Crippen molar-refractivity contribution in [1.82, 2.24) is 30.5 Å². The van der Waals surface area contributed by atoms with Crippen LogP contribution in [0.3, 0.4) is 0 Å². The molecule has 0 aliphatic carbocycles. The van der Waals surface area contributed by atoms with Crippen LogP contribution >= 0.6 is 0 Å². The lowest BCUT2D eigenvalue weighted by atomic mass is 10.2. The zero-order chi connectivity index (χ0) is 24.8. The third-order valence-electron chi connectivity index (χ3n) is 5.58. The van der Waals surface area contributed by atoms with E-state index in [0.29, 0.717) is 61.4 Å². The number of carbonyl (C=O) groups is 1. The van der Waals surface area contributed by atoms with E-state index in [0.717, 1.165) is 0 Å². The summed E-state index contributed by atoms with van der Waals surface area (Å²) in [6.45, 7) is 6.07. The molecule has 3 aromatic rings. The molecule has 1 aromatic carbocycles. The highest BCUT2D eigenvalue weighted by Crippen LogP contribution is 2.22. The van der Waals surface area contributed by atoms with E-state index in [-0.39, 0.29) is 24.2 Å². The molecule has 1 saturated heterocycles. The van der Waals surface area contributed by atoms with Gasteiger partial charge in [-0.2, -0.15) is 0 Å². The second kappa shape index (κ2) is 11.2. The van der Waals surface area contributed by atoms with Crippen molar-refractivity contribution in [1.29, 1.82) is 0 Å². The van der Waals surface area contributed by atoms with Gasteiger partial charge in [-0.05, 0) is 32.0 Å². The van der Waals surface area contributed by atoms with Crippen LogP contribution in [0.1, 0.15) is 36.7 Å². The van der Waals surface area contributed by atoms with E-state index in [4.69, 9.17) is 9.47 Å². The average Bonchev–Trinajstić information content (AvgIpc) is 3.23. The van der Waals surface area contributed by atoms with Gasteiger partial charge in [0.2, 0.25) is 11.8 Å². The zero-order valence-corrected chi connectivity index (χ0v) is 19.5. The Balaban J connectivity index is 1.38. The van der Waals surface area contributed by atoms with Crippen molar-refractivity contribution >= 4 is 11.7 Å².